The number of nitrogens with zero attached hydrogens (tertiary/aromatic N) is 1. The van der Waals surface area contributed by atoms with E-state index in [1.807, 2.05) is 0 Å². The topological polar surface area (TPSA) is 46.6 Å². The summed E-state index contributed by atoms with van der Waals surface area (Å²) in [4.78, 5) is -0.473. The zero-order valence-electron chi connectivity index (χ0n) is 11.8. The highest BCUT2D eigenvalue weighted by atomic mass is 35.5. The van der Waals surface area contributed by atoms with E-state index < -0.39 is 44.5 Å². The fourth-order valence-corrected chi connectivity index (χ4v) is 4.28. The van der Waals surface area contributed by atoms with E-state index in [0.29, 0.717) is 4.31 Å². The number of benzene rings is 1. The largest absolute Gasteiger partial charge is 0.402 e. The molecule has 1 saturated heterocycles. The molecule has 2 rings (SSSR count). The second-order valence-corrected chi connectivity index (χ2v) is 7.38. The Morgan fingerprint density at radius 2 is 1.87 bits per heavy atom. The second-order valence-electron chi connectivity index (χ2n) is 5.08. The molecule has 0 radical (unpaired) electrons. The molecule has 1 heterocycles. The van der Waals surface area contributed by atoms with Crippen molar-refractivity contribution in [2.24, 2.45) is 0 Å². The first-order valence-corrected chi connectivity index (χ1v) is 8.54. The van der Waals surface area contributed by atoms with Gasteiger partial charge in [-0.3, -0.25) is 0 Å². The lowest BCUT2D eigenvalue weighted by atomic mass is 10.1. The molecule has 1 aromatic carbocycles. The van der Waals surface area contributed by atoms with Crippen LogP contribution in [0.5, 0.6) is 0 Å². The van der Waals surface area contributed by atoms with E-state index in [9.17, 15) is 26.0 Å². The van der Waals surface area contributed by atoms with Crippen LogP contribution in [0, 0.1) is 5.82 Å². The van der Waals surface area contributed by atoms with Crippen molar-refractivity contribution in [2.45, 2.75) is 30.0 Å². The third-order valence-corrected chi connectivity index (χ3v) is 5.61. The van der Waals surface area contributed by atoms with Crippen LogP contribution in [0.4, 0.5) is 17.6 Å². The first-order chi connectivity index (χ1) is 10.6. The van der Waals surface area contributed by atoms with Gasteiger partial charge in [-0.2, -0.15) is 17.5 Å². The van der Waals surface area contributed by atoms with Crippen molar-refractivity contribution >= 4 is 21.6 Å². The van der Waals surface area contributed by atoms with E-state index in [2.05, 4.69) is 0 Å². The molecule has 0 bridgehead atoms. The van der Waals surface area contributed by atoms with Crippen molar-refractivity contribution < 1.29 is 30.7 Å². The molecule has 0 spiro atoms. The molecule has 0 atom stereocenters. The maximum atomic E-state index is 13.2. The summed E-state index contributed by atoms with van der Waals surface area (Å²) in [6.07, 6.45) is -4.39. The van der Waals surface area contributed by atoms with Crippen molar-refractivity contribution in [3.8, 4) is 0 Å². The van der Waals surface area contributed by atoms with Crippen LogP contribution in [0.1, 0.15) is 12.8 Å². The van der Waals surface area contributed by atoms with Gasteiger partial charge in [0.2, 0.25) is 10.0 Å². The van der Waals surface area contributed by atoms with Gasteiger partial charge in [0, 0.05) is 19.3 Å². The van der Waals surface area contributed by atoms with E-state index in [4.69, 9.17) is 16.3 Å². The fourth-order valence-electron chi connectivity index (χ4n) is 2.33. The smallest absolute Gasteiger partial charge is 0.381 e. The van der Waals surface area contributed by atoms with Crippen molar-refractivity contribution in [1.29, 1.82) is 0 Å². The van der Waals surface area contributed by atoms with Gasteiger partial charge in [-0.25, -0.2) is 12.8 Å². The average molecular weight is 376 g/mol. The highest BCUT2D eigenvalue weighted by Gasteiger charge is 2.41. The number of hydrogen-bond donors (Lipinski definition) is 0. The van der Waals surface area contributed by atoms with Gasteiger partial charge < -0.3 is 4.74 Å². The summed E-state index contributed by atoms with van der Waals surface area (Å²) >= 11 is 5.54. The third-order valence-electron chi connectivity index (χ3n) is 3.43. The van der Waals surface area contributed by atoms with Crippen LogP contribution in [-0.4, -0.2) is 44.7 Å². The number of rotatable bonds is 4. The van der Waals surface area contributed by atoms with E-state index in [-0.39, 0.29) is 26.1 Å². The molecule has 4 nitrogen and oxygen atoms in total. The molecular weight excluding hydrogens is 362 g/mol. The van der Waals surface area contributed by atoms with Crippen LogP contribution in [0.25, 0.3) is 0 Å². The minimum atomic E-state index is -4.70. The Kier molecular flexibility index (Phi) is 5.55. The Balaban J connectivity index is 2.40. The first-order valence-electron chi connectivity index (χ1n) is 6.72. The molecule has 1 aliphatic heterocycles. The zero-order chi connectivity index (χ0) is 17.3. The van der Waals surface area contributed by atoms with Gasteiger partial charge in [0.1, 0.15) is 12.4 Å². The summed E-state index contributed by atoms with van der Waals surface area (Å²) in [5, 5.41) is -0.468. The normalized spacial score (nSPS) is 17.7. The Morgan fingerprint density at radius 3 is 2.39 bits per heavy atom. The number of ether oxygens (including phenoxy) is 1. The van der Waals surface area contributed by atoms with Gasteiger partial charge in [-0.1, -0.05) is 11.6 Å². The van der Waals surface area contributed by atoms with E-state index in [1.165, 1.54) is 0 Å². The summed E-state index contributed by atoms with van der Waals surface area (Å²) in [7, 11) is -4.47. The van der Waals surface area contributed by atoms with Crippen LogP contribution < -0.4 is 0 Å². The predicted molar refractivity (Wildman–Crippen MR) is 75.2 cm³/mol. The summed E-state index contributed by atoms with van der Waals surface area (Å²) in [5.41, 5.74) is 0. The molecule has 0 aliphatic carbocycles. The number of hydrogen-bond acceptors (Lipinski definition) is 3. The Bertz CT molecular complexity index is 660. The zero-order valence-corrected chi connectivity index (χ0v) is 13.4. The van der Waals surface area contributed by atoms with Gasteiger partial charge in [0.15, 0.2) is 0 Å². The number of alkyl halides is 3. The highest BCUT2D eigenvalue weighted by molar-refractivity contribution is 7.89. The molecule has 0 aromatic heterocycles. The van der Waals surface area contributed by atoms with E-state index in [1.54, 1.807) is 0 Å². The summed E-state index contributed by atoms with van der Waals surface area (Å²) < 4.78 is 82.3. The quantitative estimate of drug-likeness (QED) is 0.759. The van der Waals surface area contributed by atoms with Gasteiger partial charge >= 0.3 is 6.18 Å². The van der Waals surface area contributed by atoms with Crippen molar-refractivity contribution in [3.05, 3.63) is 29.0 Å². The number of halogens is 5. The second kappa shape index (κ2) is 6.92. The summed E-state index contributed by atoms with van der Waals surface area (Å²) in [6.45, 7) is -1.26. The van der Waals surface area contributed by atoms with Gasteiger partial charge in [-0.15, -0.1) is 0 Å². The number of sulfonamides is 1. The molecule has 1 aromatic rings. The van der Waals surface area contributed by atoms with Crippen LogP contribution in [0.3, 0.4) is 0 Å². The predicted octanol–water partition coefficient (Wildman–Crippen LogP) is 3.21. The Morgan fingerprint density at radius 1 is 1.26 bits per heavy atom. The maximum Gasteiger partial charge on any atom is 0.402 e. The maximum absolute atomic E-state index is 13.2. The van der Waals surface area contributed by atoms with Crippen LogP contribution in [0.2, 0.25) is 5.02 Å². The summed E-state index contributed by atoms with van der Waals surface area (Å²) in [6, 6.07) is 1.69. The first kappa shape index (κ1) is 18.4. The van der Waals surface area contributed by atoms with Crippen molar-refractivity contribution in [2.75, 3.05) is 19.8 Å². The molecule has 130 valence electrons. The minimum absolute atomic E-state index is 0.157. The Labute approximate surface area is 136 Å². The summed E-state index contributed by atoms with van der Waals surface area (Å²) in [5.74, 6) is -0.848. The Hall–Kier alpha value is -0.900. The van der Waals surface area contributed by atoms with Crippen LogP contribution in [0.15, 0.2) is 23.1 Å². The average Bonchev–Trinajstić information content (AvgIpc) is 2.47. The molecule has 1 fully saturated rings. The molecule has 23 heavy (non-hydrogen) atoms. The SMILES string of the molecule is O=S(=O)(c1ccc(F)c(Cl)c1)N(CC(F)(F)F)C1CCOCC1. The van der Waals surface area contributed by atoms with Crippen LogP contribution >= 0.6 is 11.6 Å². The van der Waals surface area contributed by atoms with E-state index in [0.717, 1.165) is 18.2 Å². The van der Waals surface area contributed by atoms with E-state index >= 15 is 0 Å². The lowest BCUT2D eigenvalue weighted by Crippen LogP contribution is -2.47. The molecular formula is C13H14ClF4NO3S. The molecule has 0 amide bonds. The van der Waals surface area contributed by atoms with Crippen molar-refractivity contribution in [1.82, 2.24) is 4.31 Å². The molecule has 0 N–H and O–H groups in total. The molecule has 1 aliphatic rings. The van der Waals surface area contributed by atoms with Crippen LogP contribution in [-0.2, 0) is 14.8 Å². The lowest BCUT2D eigenvalue weighted by molar-refractivity contribution is -0.141. The molecule has 10 heteroatoms. The molecule has 0 unspecified atom stereocenters. The monoisotopic (exact) mass is 375 g/mol. The standard InChI is InChI=1S/C13H14ClF4NO3S/c14-11-7-10(1-2-12(11)15)23(20,21)19(8-13(16,17)18)9-3-5-22-6-4-9/h1-2,7,9H,3-6,8H2. The van der Waals surface area contributed by atoms with Gasteiger partial charge in [-0.05, 0) is 31.0 Å². The fraction of sp³-hybridized carbons (Fsp3) is 0.538. The highest BCUT2D eigenvalue weighted by Crippen LogP contribution is 2.29. The third kappa shape index (κ3) is 4.56. The lowest BCUT2D eigenvalue weighted by Gasteiger charge is -2.33. The minimum Gasteiger partial charge on any atom is -0.381 e. The molecule has 0 saturated carbocycles. The van der Waals surface area contributed by atoms with Gasteiger partial charge in [0.25, 0.3) is 0 Å². The van der Waals surface area contributed by atoms with Crippen molar-refractivity contribution in [3.63, 3.8) is 0 Å². The van der Waals surface area contributed by atoms with Gasteiger partial charge in [0.05, 0.1) is 9.92 Å².